The molecule has 9 heteroatoms. The molecular weight excluding hydrogens is 462 g/mol. The summed E-state index contributed by atoms with van der Waals surface area (Å²) in [6, 6.07) is 16.3. The molecular formula is C24H22ClN3O4S. The van der Waals surface area contributed by atoms with E-state index in [1.807, 2.05) is 6.07 Å². The number of fused-ring (bicyclic) bond motifs is 1. The SMILES string of the molecule is CC(=O)N1CCc2cc(NC(=O)c3ccc(C)c(S(=O)(=O)Nc4cccc(Cl)c4)c3)ccc21. The van der Waals surface area contributed by atoms with E-state index in [0.717, 1.165) is 11.3 Å². The smallest absolute Gasteiger partial charge is 0.262 e. The number of benzene rings is 3. The molecule has 0 aliphatic carbocycles. The summed E-state index contributed by atoms with van der Waals surface area (Å²) < 4.78 is 28.4. The van der Waals surface area contributed by atoms with Gasteiger partial charge in [0.1, 0.15) is 0 Å². The van der Waals surface area contributed by atoms with Crippen molar-refractivity contribution in [2.24, 2.45) is 0 Å². The van der Waals surface area contributed by atoms with E-state index >= 15 is 0 Å². The van der Waals surface area contributed by atoms with Crippen LogP contribution in [0.15, 0.2) is 65.6 Å². The van der Waals surface area contributed by atoms with Gasteiger partial charge in [-0.2, -0.15) is 0 Å². The van der Waals surface area contributed by atoms with Gasteiger partial charge in [0, 0.05) is 35.4 Å². The molecule has 3 aromatic rings. The molecule has 0 bridgehead atoms. The third-order valence-electron chi connectivity index (χ3n) is 5.43. The summed E-state index contributed by atoms with van der Waals surface area (Å²) >= 11 is 5.95. The van der Waals surface area contributed by atoms with Crippen molar-refractivity contribution < 1.29 is 18.0 Å². The molecule has 0 radical (unpaired) electrons. The highest BCUT2D eigenvalue weighted by molar-refractivity contribution is 7.92. The first kappa shape index (κ1) is 22.8. The summed E-state index contributed by atoms with van der Waals surface area (Å²) in [5.41, 5.74) is 3.43. The highest BCUT2D eigenvalue weighted by Crippen LogP contribution is 2.31. The van der Waals surface area contributed by atoms with Crippen molar-refractivity contribution in [1.29, 1.82) is 0 Å². The number of nitrogens with one attached hydrogen (secondary N) is 2. The van der Waals surface area contributed by atoms with Crippen molar-refractivity contribution in [3.8, 4) is 0 Å². The molecule has 3 aromatic carbocycles. The van der Waals surface area contributed by atoms with Crippen LogP contribution >= 0.6 is 11.6 Å². The van der Waals surface area contributed by atoms with Gasteiger partial charge in [-0.3, -0.25) is 14.3 Å². The Bertz CT molecular complexity index is 1370. The summed E-state index contributed by atoms with van der Waals surface area (Å²) in [4.78, 5) is 26.3. The molecule has 0 aromatic heterocycles. The molecule has 0 saturated carbocycles. The number of nitrogens with zero attached hydrogens (tertiary/aromatic N) is 1. The normalized spacial score (nSPS) is 12.9. The van der Waals surface area contributed by atoms with E-state index in [4.69, 9.17) is 11.6 Å². The summed E-state index contributed by atoms with van der Waals surface area (Å²) in [5, 5.41) is 3.22. The number of sulfonamides is 1. The monoisotopic (exact) mass is 483 g/mol. The largest absolute Gasteiger partial charge is 0.322 e. The summed E-state index contributed by atoms with van der Waals surface area (Å²) in [6.07, 6.45) is 0.709. The van der Waals surface area contributed by atoms with Crippen LogP contribution in [-0.2, 0) is 21.2 Å². The molecule has 2 amide bonds. The first-order valence-electron chi connectivity index (χ1n) is 10.3. The lowest BCUT2D eigenvalue weighted by Gasteiger charge is -2.15. The van der Waals surface area contributed by atoms with Crippen molar-refractivity contribution in [3.63, 3.8) is 0 Å². The molecule has 0 spiro atoms. The first-order chi connectivity index (χ1) is 15.6. The zero-order valence-electron chi connectivity index (χ0n) is 18.1. The number of hydrogen-bond donors (Lipinski definition) is 2. The van der Waals surface area contributed by atoms with Crippen molar-refractivity contribution in [2.45, 2.75) is 25.2 Å². The fraction of sp³-hybridized carbons (Fsp3) is 0.167. The van der Waals surface area contributed by atoms with Crippen molar-refractivity contribution >= 4 is 50.5 Å². The van der Waals surface area contributed by atoms with Crippen LogP contribution in [0.1, 0.15) is 28.4 Å². The summed E-state index contributed by atoms with van der Waals surface area (Å²) in [5.74, 6) is -0.458. The molecule has 1 heterocycles. The fourth-order valence-corrected chi connectivity index (χ4v) is 5.31. The molecule has 170 valence electrons. The second-order valence-electron chi connectivity index (χ2n) is 7.81. The molecule has 33 heavy (non-hydrogen) atoms. The quantitative estimate of drug-likeness (QED) is 0.554. The predicted octanol–water partition coefficient (Wildman–Crippen LogP) is 4.61. The van der Waals surface area contributed by atoms with Crippen LogP contribution in [0.4, 0.5) is 17.1 Å². The second-order valence-corrected chi connectivity index (χ2v) is 9.90. The van der Waals surface area contributed by atoms with E-state index < -0.39 is 15.9 Å². The molecule has 0 unspecified atom stereocenters. The first-order valence-corrected chi connectivity index (χ1v) is 12.1. The van der Waals surface area contributed by atoms with Crippen LogP contribution in [-0.4, -0.2) is 26.8 Å². The number of amides is 2. The van der Waals surface area contributed by atoms with E-state index in [0.29, 0.717) is 34.9 Å². The highest BCUT2D eigenvalue weighted by Gasteiger charge is 2.23. The Morgan fingerprint density at radius 1 is 1.00 bits per heavy atom. The Labute approximate surface area is 197 Å². The lowest BCUT2D eigenvalue weighted by Crippen LogP contribution is -2.25. The van der Waals surface area contributed by atoms with Gasteiger partial charge in [-0.1, -0.05) is 23.7 Å². The van der Waals surface area contributed by atoms with Gasteiger partial charge in [-0.25, -0.2) is 8.42 Å². The summed E-state index contributed by atoms with van der Waals surface area (Å²) in [7, 11) is -3.94. The molecule has 4 rings (SSSR count). The second kappa shape index (κ2) is 8.88. The minimum atomic E-state index is -3.94. The summed E-state index contributed by atoms with van der Waals surface area (Å²) in [6.45, 7) is 3.80. The van der Waals surface area contributed by atoms with E-state index in [1.54, 1.807) is 54.3 Å². The van der Waals surface area contributed by atoms with Gasteiger partial charge in [-0.15, -0.1) is 0 Å². The third kappa shape index (κ3) is 4.86. The van der Waals surface area contributed by atoms with Gasteiger partial charge in [0.25, 0.3) is 15.9 Å². The maximum Gasteiger partial charge on any atom is 0.262 e. The number of anilines is 3. The standard InChI is InChI=1S/C24H22ClN3O4S/c1-15-6-7-18(13-23(15)33(31,32)27-21-5-3-4-19(25)14-21)24(30)26-20-8-9-22-17(12-20)10-11-28(22)16(2)29/h3-9,12-14,27H,10-11H2,1-2H3,(H,26,30). The van der Waals surface area contributed by atoms with Gasteiger partial charge in [0.05, 0.1) is 10.6 Å². The highest BCUT2D eigenvalue weighted by atomic mass is 35.5. The number of carbonyl (C=O) groups is 2. The number of rotatable bonds is 5. The van der Waals surface area contributed by atoms with Crippen LogP contribution in [0.2, 0.25) is 5.02 Å². The van der Waals surface area contributed by atoms with Crippen LogP contribution in [0.3, 0.4) is 0 Å². The number of carbonyl (C=O) groups excluding carboxylic acids is 2. The number of halogens is 1. The van der Waals surface area contributed by atoms with Crippen molar-refractivity contribution in [1.82, 2.24) is 0 Å². The zero-order valence-corrected chi connectivity index (χ0v) is 19.6. The maximum atomic E-state index is 13.0. The Morgan fingerprint density at radius 3 is 2.52 bits per heavy atom. The van der Waals surface area contributed by atoms with E-state index in [9.17, 15) is 18.0 Å². The zero-order chi connectivity index (χ0) is 23.8. The minimum Gasteiger partial charge on any atom is -0.322 e. The van der Waals surface area contributed by atoms with Crippen LogP contribution in [0, 0.1) is 6.92 Å². The molecule has 1 aliphatic heterocycles. The Morgan fingerprint density at radius 2 is 1.79 bits per heavy atom. The Hall–Kier alpha value is -3.36. The predicted molar refractivity (Wildman–Crippen MR) is 130 cm³/mol. The van der Waals surface area contributed by atoms with Crippen LogP contribution < -0.4 is 14.9 Å². The van der Waals surface area contributed by atoms with Gasteiger partial charge in [0.15, 0.2) is 0 Å². The molecule has 0 atom stereocenters. The minimum absolute atomic E-state index is 0.00109. The lowest BCUT2D eigenvalue weighted by atomic mass is 10.1. The van der Waals surface area contributed by atoms with E-state index in [-0.39, 0.29) is 16.4 Å². The maximum absolute atomic E-state index is 13.0. The van der Waals surface area contributed by atoms with Crippen molar-refractivity contribution in [3.05, 3.63) is 82.4 Å². The van der Waals surface area contributed by atoms with E-state index in [2.05, 4.69) is 10.0 Å². The Balaban J connectivity index is 1.56. The topological polar surface area (TPSA) is 95.6 Å². The van der Waals surface area contributed by atoms with Gasteiger partial charge in [0.2, 0.25) is 5.91 Å². The Kier molecular flexibility index (Phi) is 6.14. The number of hydrogen-bond acceptors (Lipinski definition) is 4. The van der Waals surface area contributed by atoms with Crippen molar-refractivity contribution in [2.75, 3.05) is 21.5 Å². The van der Waals surface area contributed by atoms with Crippen LogP contribution in [0.5, 0.6) is 0 Å². The molecule has 7 nitrogen and oxygen atoms in total. The molecule has 0 saturated heterocycles. The molecule has 0 fully saturated rings. The van der Waals surface area contributed by atoms with Crippen LogP contribution in [0.25, 0.3) is 0 Å². The van der Waals surface area contributed by atoms with Gasteiger partial charge >= 0.3 is 0 Å². The average molecular weight is 484 g/mol. The van der Waals surface area contributed by atoms with Gasteiger partial charge < -0.3 is 10.2 Å². The fourth-order valence-electron chi connectivity index (χ4n) is 3.80. The lowest BCUT2D eigenvalue weighted by molar-refractivity contribution is -0.116. The number of aryl methyl sites for hydroxylation is 1. The third-order valence-corrected chi connectivity index (χ3v) is 7.19. The van der Waals surface area contributed by atoms with E-state index in [1.165, 1.54) is 19.1 Å². The molecule has 2 N–H and O–H groups in total. The average Bonchev–Trinajstić information content (AvgIpc) is 3.17. The van der Waals surface area contributed by atoms with Gasteiger partial charge in [-0.05, 0) is 73.0 Å². The molecule has 1 aliphatic rings.